The van der Waals surface area contributed by atoms with Crippen molar-refractivity contribution < 1.29 is 8.42 Å². The summed E-state index contributed by atoms with van der Waals surface area (Å²) in [6.45, 7) is 1.12. The standard InChI is InChI=1S/C14H26N4O2S/c1-15-9-12-8-13(10-18(12)4)21(19,20)16-11-14(17(2)3)6-5-7-14/h8,10,15-16H,5-7,9,11H2,1-4H3. The average molecular weight is 314 g/mol. The van der Waals surface area contributed by atoms with Gasteiger partial charge in [0.25, 0.3) is 0 Å². The van der Waals surface area contributed by atoms with Gasteiger partial charge in [-0.05, 0) is 46.5 Å². The summed E-state index contributed by atoms with van der Waals surface area (Å²) >= 11 is 0. The number of aromatic nitrogens is 1. The predicted molar refractivity (Wildman–Crippen MR) is 83.6 cm³/mol. The highest BCUT2D eigenvalue weighted by Gasteiger charge is 2.39. The summed E-state index contributed by atoms with van der Waals surface area (Å²) in [6, 6.07) is 1.72. The minimum absolute atomic E-state index is 0.0182. The van der Waals surface area contributed by atoms with Gasteiger partial charge >= 0.3 is 0 Å². The fourth-order valence-corrected chi connectivity index (χ4v) is 3.97. The molecular weight excluding hydrogens is 288 g/mol. The molecule has 0 aliphatic heterocycles. The molecule has 2 rings (SSSR count). The van der Waals surface area contributed by atoms with Gasteiger partial charge < -0.3 is 14.8 Å². The lowest BCUT2D eigenvalue weighted by atomic mass is 9.76. The first kappa shape index (κ1) is 16.5. The van der Waals surface area contributed by atoms with Crippen LogP contribution in [0, 0.1) is 0 Å². The fraction of sp³-hybridized carbons (Fsp3) is 0.714. The van der Waals surface area contributed by atoms with Crippen LogP contribution in [0.15, 0.2) is 17.2 Å². The van der Waals surface area contributed by atoms with E-state index in [-0.39, 0.29) is 5.54 Å². The largest absolute Gasteiger partial charge is 0.352 e. The molecule has 0 saturated heterocycles. The first-order valence-electron chi connectivity index (χ1n) is 7.28. The number of likely N-dealkylation sites (N-methyl/N-ethyl adjacent to an activating group) is 1. The van der Waals surface area contributed by atoms with Crippen molar-refractivity contribution in [3.05, 3.63) is 18.0 Å². The summed E-state index contributed by atoms with van der Waals surface area (Å²) < 4.78 is 29.5. The molecule has 2 N–H and O–H groups in total. The van der Waals surface area contributed by atoms with Crippen LogP contribution in [-0.2, 0) is 23.6 Å². The molecule has 0 bridgehead atoms. The Hall–Kier alpha value is -0.890. The van der Waals surface area contributed by atoms with Crippen LogP contribution in [0.4, 0.5) is 0 Å². The van der Waals surface area contributed by atoms with E-state index in [1.807, 2.05) is 32.8 Å². The maximum absolute atomic E-state index is 12.4. The molecule has 6 nitrogen and oxygen atoms in total. The summed E-state index contributed by atoms with van der Waals surface area (Å²) in [5.74, 6) is 0. The molecule has 1 aromatic heterocycles. The Balaban J connectivity index is 2.10. The number of rotatable bonds is 7. The van der Waals surface area contributed by atoms with Gasteiger partial charge in [-0.3, -0.25) is 0 Å². The Morgan fingerprint density at radius 3 is 2.52 bits per heavy atom. The van der Waals surface area contributed by atoms with Gasteiger partial charge in [0.15, 0.2) is 0 Å². The maximum atomic E-state index is 12.4. The first-order chi connectivity index (χ1) is 9.81. The molecule has 0 amide bonds. The van der Waals surface area contributed by atoms with Crippen molar-refractivity contribution in [2.45, 2.75) is 36.2 Å². The third-order valence-electron chi connectivity index (χ3n) is 4.58. The highest BCUT2D eigenvalue weighted by atomic mass is 32.2. The van der Waals surface area contributed by atoms with Gasteiger partial charge in [0.2, 0.25) is 10.0 Å². The molecular formula is C14H26N4O2S. The molecule has 0 spiro atoms. The Kier molecular flexibility index (Phi) is 4.77. The van der Waals surface area contributed by atoms with Gasteiger partial charge in [-0.15, -0.1) is 0 Å². The summed E-state index contributed by atoms with van der Waals surface area (Å²) in [5, 5.41) is 3.04. The van der Waals surface area contributed by atoms with E-state index in [0.717, 1.165) is 25.0 Å². The predicted octanol–water partition coefficient (Wildman–Crippen LogP) is 0.507. The highest BCUT2D eigenvalue weighted by molar-refractivity contribution is 7.89. The minimum Gasteiger partial charge on any atom is -0.352 e. The number of sulfonamides is 1. The van der Waals surface area contributed by atoms with Crippen LogP contribution in [0.3, 0.4) is 0 Å². The number of nitrogens with one attached hydrogen (secondary N) is 2. The fourth-order valence-electron chi connectivity index (χ4n) is 2.76. The number of aryl methyl sites for hydroxylation is 1. The normalized spacial score (nSPS) is 18.0. The quantitative estimate of drug-likeness (QED) is 0.769. The minimum atomic E-state index is -3.45. The summed E-state index contributed by atoms with van der Waals surface area (Å²) in [6.07, 6.45) is 4.92. The molecule has 1 aromatic rings. The van der Waals surface area contributed by atoms with Gasteiger partial charge in [-0.1, -0.05) is 0 Å². The van der Waals surface area contributed by atoms with Crippen LogP contribution in [0.5, 0.6) is 0 Å². The number of nitrogens with zero attached hydrogens (tertiary/aromatic N) is 2. The molecule has 0 atom stereocenters. The summed E-state index contributed by atoms with van der Waals surface area (Å²) in [7, 11) is 4.29. The average Bonchev–Trinajstić information content (AvgIpc) is 2.70. The van der Waals surface area contributed by atoms with Crippen molar-refractivity contribution >= 4 is 10.0 Å². The molecule has 1 saturated carbocycles. The second-order valence-electron chi connectivity index (χ2n) is 6.11. The van der Waals surface area contributed by atoms with E-state index >= 15 is 0 Å². The summed E-state index contributed by atoms with van der Waals surface area (Å²) in [4.78, 5) is 2.47. The third-order valence-corrected chi connectivity index (χ3v) is 5.94. The zero-order chi connectivity index (χ0) is 15.7. The van der Waals surface area contributed by atoms with Crippen molar-refractivity contribution in [1.29, 1.82) is 0 Å². The molecule has 1 aliphatic rings. The van der Waals surface area contributed by atoms with Crippen LogP contribution in [0.1, 0.15) is 25.0 Å². The Morgan fingerprint density at radius 2 is 2.05 bits per heavy atom. The van der Waals surface area contributed by atoms with Crippen LogP contribution < -0.4 is 10.0 Å². The topological polar surface area (TPSA) is 66.4 Å². The van der Waals surface area contributed by atoms with Gasteiger partial charge in [0.1, 0.15) is 0 Å². The van der Waals surface area contributed by atoms with Gasteiger partial charge in [0, 0.05) is 37.6 Å². The van der Waals surface area contributed by atoms with E-state index in [9.17, 15) is 8.42 Å². The smallest absolute Gasteiger partial charge is 0.242 e. The SMILES string of the molecule is CNCc1cc(S(=O)(=O)NCC2(N(C)C)CCC2)cn1C. The van der Waals surface area contributed by atoms with Crippen LogP contribution in [0.25, 0.3) is 0 Å². The van der Waals surface area contributed by atoms with E-state index in [4.69, 9.17) is 0 Å². The van der Waals surface area contributed by atoms with Gasteiger partial charge in [-0.2, -0.15) is 0 Å². The van der Waals surface area contributed by atoms with Crippen molar-refractivity contribution in [3.63, 3.8) is 0 Å². The Morgan fingerprint density at radius 1 is 1.38 bits per heavy atom. The number of hydrogen-bond donors (Lipinski definition) is 2. The Bertz CT molecular complexity index is 588. The Labute approximate surface area is 127 Å². The third kappa shape index (κ3) is 3.31. The van der Waals surface area contributed by atoms with Gasteiger partial charge in [-0.25, -0.2) is 13.1 Å². The zero-order valence-electron chi connectivity index (χ0n) is 13.3. The molecule has 7 heteroatoms. The van der Waals surface area contributed by atoms with Crippen LogP contribution >= 0.6 is 0 Å². The second-order valence-corrected chi connectivity index (χ2v) is 7.87. The van der Waals surface area contributed by atoms with Crippen LogP contribution in [0.2, 0.25) is 0 Å². The van der Waals surface area contributed by atoms with E-state index in [0.29, 0.717) is 18.0 Å². The molecule has 1 fully saturated rings. The monoisotopic (exact) mass is 314 g/mol. The highest BCUT2D eigenvalue weighted by Crippen LogP contribution is 2.35. The van der Waals surface area contributed by atoms with E-state index in [2.05, 4.69) is 14.9 Å². The lowest BCUT2D eigenvalue weighted by Gasteiger charge is -2.47. The van der Waals surface area contributed by atoms with Crippen LogP contribution in [-0.4, -0.2) is 51.1 Å². The van der Waals surface area contributed by atoms with Crippen molar-refractivity contribution in [1.82, 2.24) is 19.5 Å². The van der Waals surface area contributed by atoms with E-state index in [1.54, 1.807) is 12.3 Å². The van der Waals surface area contributed by atoms with Crippen molar-refractivity contribution in [3.8, 4) is 0 Å². The second kappa shape index (κ2) is 6.08. The molecule has 0 unspecified atom stereocenters. The zero-order valence-corrected chi connectivity index (χ0v) is 14.1. The lowest BCUT2D eigenvalue weighted by molar-refractivity contribution is 0.0657. The van der Waals surface area contributed by atoms with Crippen molar-refractivity contribution in [2.24, 2.45) is 7.05 Å². The van der Waals surface area contributed by atoms with E-state index < -0.39 is 10.0 Å². The molecule has 120 valence electrons. The summed E-state index contributed by atoms with van der Waals surface area (Å²) in [5.41, 5.74) is 0.930. The molecule has 1 heterocycles. The van der Waals surface area contributed by atoms with Gasteiger partial charge in [0.05, 0.1) is 4.90 Å². The number of hydrogen-bond acceptors (Lipinski definition) is 4. The molecule has 0 aromatic carbocycles. The van der Waals surface area contributed by atoms with Crippen molar-refractivity contribution in [2.75, 3.05) is 27.7 Å². The molecule has 21 heavy (non-hydrogen) atoms. The first-order valence-corrected chi connectivity index (χ1v) is 8.76. The molecule has 0 radical (unpaired) electrons. The lowest BCUT2D eigenvalue weighted by Crippen LogP contribution is -2.57. The molecule has 1 aliphatic carbocycles. The van der Waals surface area contributed by atoms with E-state index in [1.165, 1.54) is 0 Å². The maximum Gasteiger partial charge on any atom is 0.242 e.